The van der Waals surface area contributed by atoms with E-state index in [1.165, 1.54) is 0 Å². The largest absolute Gasteiger partial charge is 0.375 e. The molecule has 2 saturated heterocycles. The molecule has 0 bridgehead atoms. The number of hydrogen-bond donors (Lipinski definition) is 2. The van der Waals surface area contributed by atoms with E-state index in [1.54, 1.807) is 13.1 Å². The lowest BCUT2D eigenvalue weighted by atomic mass is 9.84. The Morgan fingerprint density at radius 3 is 2.93 bits per heavy atom. The van der Waals surface area contributed by atoms with E-state index in [4.69, 9.17) is 4.74 Å². The minimum atomic E-state index is -0.0704. The highest BCUT2D eigenvalue weighted by molar-refractivity contribution is 5.73. The maximum absolute atomic E-state index is 11.5. The van der Waals surface area contributed by atoms with E-state index in [0.29, 0.717) is 5.92 Å². The molecule has 144 valence electrons. The highest BCUT2D eigenvalue weighted by Crippen LogP contribution is 2.39. The number of aromatic amines is 1. The molecule has 2 aliphatic heterocycles. The Kier molecular flexibility index (Phi) is 4.82. The summed E-state index contributed by atoms with van der Waals surface area (Å²) in [4.78, 5) is 22.5. The predicted molar refractivity (Wildman–Crippen MR) is 101 cm³/mol. The van der Waals surface area contributed by atoms with Gasteiger partial charge in [-0.3, -0.25) is 9.89 Å². The number of H-pyrrole nitrogens is 1. The summed E-state index contributed by atoms with van der Waals surface area (Å²) >= 11 is 0. The van der Waals surface area contributed by atoms with Crippen LogP contribution in [-0.4, -0.2) is 56.3 Å². The number of hydrogen-bond acceptors (Lipinski definition) is 6. The van der Waals surface area contributed by atoms with E-state index in [0.717, 1.165) is 68.5 Å². The number of carbonyl (C=O) groups excluding carboxylic acids is 1. The third kappa shape index (κ3) is 4.10. The first kappa shape index (κ1) is 17.9. The summed E-state index contributed by atoms with van der Waals surface area (Å²) in [5, 5.41) is 10.3. The molecule has 4 rings (SSSR count). The number of carbonyl (C=O) groups is 1. The maximum Gasteiger partial charge on any atom is 0.219 e. The number of aromatic nitrogens is 4. The van der Waals surface area contributed by atoms with E-state index in [9.17, 15) is 4.79 Å². The molecule has 8 heteroatoms. The van der Waals surface area contributed by atoms with Gasteiger partial charge in [0.05, 0.1) is 12.2 Å². The van der Waals surface area contributed by atoms with E-state index < -0.39 is 0 Å². The minimum absolute atomic E-state index is 0.0704. The van der Waals surface area contributed by atoms with Gasteiger partial charge in [0.25, 0.3) is 0 Å². The van der Waals surface area contributed by atoms with Gasteiger partial charge < -0.3 is 15.0 Å². The SMILES string of the molecule is CC(=O)N1CCC2(CC1)C[C@@H](Cc1nccc(Nc3cc(C)[nH]n3)n1)CO2. The molecule has 0 unspecified atom stereocenters. The van der Waals surface area contributed by atoms with Gasteiger partial charge in [-0.05, 0) is 38.2 Å². The lowest BCUT2D eigenvalue weighted by molar-refractivity contribution is -0.133. The summed E-state index contributed by atoms with van der Waals surface area (Å²) in [6.45, 7) is 5.92. The molecule has 0 aromatic carbocycles. The zero-order valence-corrected chi connectivity index (χ0v) is 15.9. The van der Waals surface area contributed by atoms with Gasteiger partial charge in [0.15, 0.2) is 5.82 Å². The van der Waals surface area contributed by atoms with Crippen molar-refractivity contribution in [1.82, 2.24) is 25.1 Å². The van der Waals surface area contributed by atoms with Crippen LogP contribution >= 0.6 is 0 Å². The molecule has 2 aromatic heterocycles. The molecule has 0 saturated carbocycles. The number of nitrogens with zero attached hydrogens (tertiary/aromatic N) is 4. The molecule has 2 aromatic rings. The molecule has 0 radical (unpaired) electrons. The summed E-state index contributed by atoms with van der Waals surface area (Å²) in [7, 11) is 0. The second kappa shape index (κ2) is 7.26. The molecule has 1 spiro atoms. The first-order valence-electron chi connectivity index (χ1n) is 9.52. The molecule has 1 amide bonds. The van der Waals surface area contributed by atoms with Crippen molar-refractivity contribution in [1.29, 1.82) is 0 Å². The van der Waals surface area contributed by atoms with Crippen molar-refractivity contribution in [3.8, 4) is 0 Å². The van der Waals surface area contributed by atoms with Crippen molar-refractivity contribution in [2.75, 3.05) is 25.0 Å². The topological polar surface area (TPSA) is 96.0 Å². The molecule has 4 heterocycles. The lowest BCUT2D eigenvalue weighted by Crippen LogP contribution is -2.45. The smallest absolute Gasteiger partial charge is 0.219 e. The number of rotatable bonds is 4. The fourth-order valence-electron chi connectivity index (χ4n) is 4.09. The van der Waals surface area contributed by atoms with Gasteiger partial charge >= 0.3 is 0 Å². The van der Waals surface area contributed by atoms with Crippen molar-refractivity contribution in [2.45, 2.75) is 45.1 Å². The van der Waals surface area contributed by atoms with Crippen LogP contribution in [-0.2, 0) is 16.0 Å². The maximum atomic E-state index is 11.5. The van der Waals surface area contributed by atoms with Gasteiger partial charge in [-0.25, -0.2) is 9.97 Å². The van der Waals surface area contributed by atoms with Crippen LogP contribution in [0.5, 0.6) is 0 Å². The monoisotopic (exact) mass is 370 g/mol. The van der Waals surface area contributed by atoms with Crippen molar-refractivity contribution in [2.24, 2.45) is 5.92 Å². The normalized spacial score (nSPS) is 21.6. The van der Waals surface area contributed by atoms with Gasteiger partial charge in [0.1, 0.15) is 11.6 Å². The number of amides is 1. The average Bonchev–Trinajstić information content (AvgIpc) is 3.22. The molecule has 2 aliphatic rings. The predicted octanol–water partition coefficient (Wildman–Crippen LogP) is 2.21. The highest BCUT2D eigenvalue weighted by atomic mass is 16.5. The first-order chi connectivity index (χ1) is 13.0. The second-order valence-electron chi connectivity index (χ2n) is 7.69. The van der Waals surface area contributed by atoms with Gasteiger partial charge in [-0.2, -0.15) is 5.10 Å². The zero-order chi connectivity index (χ0) is 18.9. The minimum Gasteiger partial charge on any atom is -0.375 e. The second-order valence-corrected chi connectivity index (χ2v) is 7.69. The van der Waals surface area contributed by atoms with Crippen LogP contribution in [0.3, 0.4) is 0 Å². The fourth-order valence-corrected chi connectivity index (χ4v) is 4.09. The van der Waals surface area contributed by atoms with Crippen LogP contribution in [0.25, 0.3) is 0 Å². The van der Waals surface area contributed by atoms with Crippen molar-refractivity contribution in [3.63, 3.8) is 0 Å². The molecule has 2 N–H and O–H groups in total. The Bertz CT molecular complexity index is 812. The van der Waals surface area contributed by atoms with Crippen LogP contribution in [0.1, 0.15) is 37.7 Å². The Morgan fingerprint density at radius 1 is 1.41 bits per heavy atom. The van der Waals surface area contributed by atoms with Crippen LogP contribution in [0.15, 0.2) is 18.3 Å². The van der Waals surface area contributed by atoms with E-state index >= 15 is 0 Å². The van der Waals surface area contributed by atoms with E-state index in [-0.39, 0.29) is 11.5 Å². The van der Waals surface area contributed by atoms with Crippen LogP contribution in [0, 0.1) is 12.8 Å². The van der Waals surface area contributed by atoms with Crippen LogP contribution in [0.2, 0.25) is 0 Å². The molecular formula is C19H26N6O2. The zero-order valence-electron chi connectivity index (χ0n) is 15.9. The summed E-state index contributed by atoms with van der Waals surface area (Å²) in [5.41, 5.74) is 0.926. The van der Waals surface area contributed by atoms with Crippen molar-refractivity contribution in [3.05, 3.63) is 29.8 Å². The van der Waals surface area contributed by atoms with Gasteiger partial charge in [0.2, 0.25) is 5.91 Å². The average molecular weight is 370 g/mol. The Balaban J connectivity index is 1.35. The number of likely N-dealkylation sites (tertiary alicyclic amines) is 1. The summed E-state index contributed by atoms with van der Waals surface area (Å²) < 4.78 is 6.20. The number of ether oxygens (including phenoxy) is 1. The molecular weight excluding hydrogens is 344 g/mol. The molecule has 1 atom stereocenters. The van der Waals surface area contributed by atoms with Crippen molar-refractivity contribution >= 4 is 17.5 Å². The van der Waals surface area contributed by atoms with Crippen LogP contribution in [0.4, 0.5) is 11.6 Å². The lowest BCUT2D eigenvalue weighted by Gasteiger charge is -2.38. The fraction of sp³-hybridized carbons (Fsp3) is 0.579. The van der Waals surface area contributed by atoms with Gasteiger partial charge in [-0.15, -0.1) is 0 Å². The Hall–Kier alpha value is -2.48. The summed E-state index contributed by atoms with van der Waals surface area (Å²) in [6.07, 6.45) is 5.43. The van der Waals surface area contributed by atoms with E-state index in [2.05, 4.69) is 25.5 Å². The first-order valence-corrected chi connectivity index (χ1v) is 9.52. The standard InChI is InChI=1S/C19H26N6O2/c1-13-9-18(24-23-13)22-16-3-6-20-17(21-16)10-15-11-19(27-12-15)4-7-25(8-5-19)14(2)26/h3,6,9,15H,4-5,7-8,10-12H2,1-2H3,(H2,20,21,22,23,24)/t15-/m1/s1. The van der Waals surface area contributed by atoms with Gasteiger partial charge in [0, 0.05) is 44.4 Å². The number of aryl methyl sites for hydroxylation is 1. The third-order valence-electron chi connectivity index (χ3n) is 5.54. The number of piperidine rings is 1. The third-order valence-corrected chi connectivity index (χ3v) is 5.54. The number of nitrogens with one attached hydrogen (secondary N) is 2. The molecule has 2 fully saturated rings. The van der Waals surface area contributed by atoms with E-state index in [1.807, 2.05) is 24.0 Å². The molecule has 0 aliphatic carbocycles. The Morgan fingerprint density at radius 2 is 2.22 bits per heavy atom. The summed E-state index contributed by atoms with van der Waals surface area (Å²) in [6, 6.07) is 3.78. The molecule has 8 nitrogen and oxygen atoms in total. The van der Waals surface area contributed by atoms with Crippen LogP contribution < -0.4 is 5.32 Å². The van der Waals surface area contributed by atoms with Crippen molar-refractivity contribution < 1.29 is 9.53 Å². The number of anilines is 2. The van der Waals surface area contributed by atoms with Gasteiger partial charge in [-0.1, -0.05) is 0 Å². The molecule has 27 heavy (non-hydrogen) atoms. The quantitative estimate of drug-likeness (QED) is 0.857. The summed E-state index contributed by atoms with van der Waals surface area (Å²) in [5.74, 6) is 2.88. The Labute approximate surface area is 158 Å². The highest BCUT2D eigenvalue weighted by Gasteiger charge is 2.43.